The highest BCUT2D eigenvalue weighted by Gasteiger charge is 2.63. The summed E-state index contributed by atoms with van der Waals surface area (Å²) in [4.78, 5) is 0. The predicted octanol–water partition coefficient (Wildman–Crippen LogP) is 6.81. The summed E-state index contributed by atoms with van der Waals surface area (Å²) >= 11 is 0. The second kappa shape index (κ2) is 5.71. The van der Waals surface area contributed by atoms with E-state index >= 15 is 0 Å². The fourth-order valence-electron chi connectivity index (χ4n) is 8.04. The van der Waals surface area contributed by atoms with Gasteiger partial charge in [-0.1, -0.05) is 32.4 Å². The third-order valence-corrected chi connectivity index (χ3v) is 10.0. The van der Waals surface area contributed by atoms with Crippen LogP contribution in [0, 0.1) is 34.0 Å². The van der Waals surface area contributed by atoms with Gasteiger partial charge >= 0.3 is 0 Å². The molecule has 0 unspecified atom stereocenters. The van der Waals surface area contributed by atoms with Crippen molar-refractivity contribution >= 4 is 8.32 Å². The molecule has 0 saturated heterocycles. The summed E-state index contributed by atoms with van der Waals surface area (Å²) in [6.07, 6.45) is 12.9. The van der Waals surface area contributed by atoms with Crippen LogP contribution in [0.15, 0.2) is 12.2 Å². The van der Waals surface area contributed by atoms with Crippen LogP contribution >= 0.6 is 0 Å². The first-order valence-corrected chi connectivity index (χ1v) is 14.3. The summed E-state index contributed by atoms with van der Waals surface area (Å²) in [6, 6.07) is 0. The molecule has 0 amide bonds. The average molecular weight is 361 g/mol. The summed E-state index contributed by atoms with van der Waals surface area (Å²) in [5.41, 5.74) is 3.18. The maximum atomic E-state index is 6.50. The molecule has 4 aliphatic rings. The van der Waals surface area contributed by atoms with E-state index in [9.17, 15) is 0 Å². The van der Waals surface area contributed by atoms with E-state index in [1.54, 1.807) is 5.57 Å². The molecule has 0 aromatic rings. The lowest BCUT2D eigenvalue weighted by Crippen LogP contribution is -2.57. The number of fused-ring (bicyclic) bond motifs is 3. The number of hydrogen-bond acceptors (Lipinski definition) is 1. The predicted molar refractivity (Wildman–Crippen MR) is 109 cm³/mol. The van der Waals surface area contributed by atoms with E-state index in [-0.39, 0.29) is 0 Å². The van der Waals surface area contributed by atoms with Crippen molar-refractivity contribution in [2.45, 2.75) is 91.3 Å². The van der Waals surface area contributed by atoms with Crippen LogP contribution in [0.1, 0.15) is 71.6 Å². The van der Waals surface area contributed by atoms with Crippen LogP contribution in [0.5, 0.6) is 0 Å². The van der Waals surface area contributed by atoms with E-state index in [0.29, 0.717) is 16.2 Å². The van der Waals surface area contributed by atoms with Crippen molar-refractivity contribution in [2.75, 3.05) is 6.61 Å². The summed E-state index contributed by atoms with van der Waals surface area (Å²) < 4.78 is 6.50. The van der Waals surface area contributed by atoms with Gasteiger partial charge in [0.05, 0.1) is 0 Å². The molecule has 6 atom stereocenters. The topological polar surface area (TPSA) is 9.23 Å². The number of rotatable bonds is 3. The molecule has 142 valence electrons. The van der Waals surface area contributed by atoms with Gasteiger partial charge in [0.25, 0.3) is 0 Å². The smallest absolute Gasteiger partial charge is 0.183 e. The molecule has 4 fully saturated rings. The van der Waals surface area contributed by atoms with Crippen LogP contribution in [0.4, 0.5) is 0 Å². The van der Waals surface area contributed by atoms with Crippen molar-refractivity contribution in [3.63, 3.8) is 0 Å². The minimum absolute atomic E-state index is 0.404. The molecule has 0 aliphatic heterocycles. The quantitative estimate of drug-likeness (QED) is 0.397. The van der Waals surface area contributed by atoms with Crippen molar-refractivity contribution < 1.29 is 4.43 Å². The van der Waals surface area contributed by atoms with E-state index in [2.05, 4.69) is 40.1 Å². The number of hydrogen-bond donors (Lipinski definition) is 0. The van der Waals surface area contributed by atoms with E-state index in [0.717, 1.165) is 24.4 Å². The van der Waals surface area contributed by atoms with Crippen LogP contribution < -0.4 is 0 Å². The fourth-order valence-corrected chi connectivity index (χ4v) is 8.80. The van der Waals surface area contributed by atoms with Gasteiger partial charge in [-0.15, -0.1) is 0 Å². The highest BCUT2D eigenvalue weighted by atomic mass is 28.4. The Kier molecular flexibility index (Phi) is 4.17. The molecule has 1 spiro atoms. The van der Waals surface area contributed by atoms with Gasteiger partial charge in [0.15, 0.2) is 8.32 Å². The van der Waals surface area contributed by atoms with Gasteiger partial charge in [-0.2, -0.15) is 0 Å². The SMILES string of the molecule is C=C1C[C@@]23CC[C@@H]4[C@](C)(CO[Si](C)(C)C)CCC[C@@]4(C)[C@@H]2CC[C@@H]1C3. The zero-order valence-corrected chi connectivity index (χ0v) is 18.4. The first-order valence-electron chi connectivity index (χ1n) is 10.9. The molecular formula is C23H40OSi. The van der Waals surface area contributed by atoms with E-state index in [1.807, 2.05) is 0 Å². The summed E-state index contributed by atoms with van der Waals surface area (Å²) in [6.45, 7) is 17.8. The molecule has 0 aromatic carbocycles. The van der Waals surface area contributed by atoms with Crippen molar-refractivity contribution in [3.05, 3.63) is 12.2 Å². The third kappa shape index (κ3) is 2.81. The van der Waals surface area contributed by atoms with E-state index < -0.39 is 8.32 Å². The Morgan fingerprint density at radius 3 is 2.52 bits per heavy atom. The summed E-state index contributed by atoms with van der Waals surface area (Å²) in [5.74, 6) is 2.67. The summed E-state index contributed by atoms with van der Waals surface area (Å²) in [5, 5.41) is 0. The molecule has 0 radical (unpaired) electrons. The largest absolute Gasteiger partial charge is 0.417 e. The first-order chi connectivity index (χ1) is 11.6. The Hall–Kier alpha value is -0.0831. The van der Waals surface area contributed by atoms with Crippen LogP contribution in [0.2, 0.25) is 19.6 Å². The Bertz CT molecular complexity index is 563. The van der Waals surface area contributed by atoms with E-state index in [4.69, 9.17) is 4.43 Å². The van der Waals surface area contributed by atoms with Crippen molar-refractivity contribution in [2.24, 2.45) is 34.0 Å². The second-order valence-corrected chi connectivity index (χ2v) is 16.2. The van der Waals surface area contributed by atoms with Gasteiger partial charge in [0.2, 0.25) is 0 Å². The zero-order valence-electron chi connectivity index (χ0n) is 17.4. The standard InChI is InChI=1S/C23H40OSi/c1-17-14-23-13-10-19-21(2,16-24-25(4,5)6)11-7-12-22(19,3)20(23)9-8-18(17)15-23/h18-20H,1,7-16H2,2-6H3/t18-,19-,20+,21+,22-,23-/m1/s1. The first kappa shape index (κ1) is 18.3. The lowest BCUT2D eigenvalue weighted by Gasteiger charge is -2.64. The lowest BCUT2D eigenvalue weighted by atomic mass is 9.41. The molecule has 4 rings (SSSR count). The van der Waals surface area contributed by atoms with Crippen molar-refractivity contribution in [3.8, 4) is 0 Å². The van der Waals surface area contributed by atoms with Gasteiger partial charge in [-0.25, -0.2) is 0 Å². The zero-order chi connectivity index (χ0) is 18.1. The highest BCUT2D eigenvalue weighted by molar-refractivity contribution is 6.69. The summed E-state index contributed by atoms with van der Waals surface area (Å²) in [7, 11) is -1.44. The van der Waals surface area contributed by atoms with Gasteiger partial charge in [-0.05, 0) is 105 Å². The second-order valence-electron chi connectivity index (χ2n) is 11.7. The molecule has 0 heterocycles. The number of allylic oxidation sites excluding steroid dienone is 1. The Balaban J connectivity index is 1.62. The maximum absolute atomic E-state index is 6.50. The van der Waals surface area contributed by atoms with E-state index in [1.165, 1.54) is 57.8 Å². The molecule has 2 heteroatoms. The highest BCUT2D eigenvalue weighted by Crippen LogP contribution is 2.72. The van der Waals surface area contributed by atoms with Crippen LogP contribution in [-0.2, 0) is 4.43 Å². The minimum Gasteiger partial charge on any atom is -0.417 e. The maximum Gasteiger partial charge on any atom is 0.183 e. The van der Waals surface area contributed by atoms with Gasteiger partial charge in [0.1, 0.15) is 0 Å². The molecule has 0 aromatic heterocycles. The van der Waals surface area contributed by atoms with Gasteiger partial charge < -0.3 is 4.43 Å². The van der Waals surface area contributed by atoms with Gasteiger partial charge in [0, 0.05) is 6.61 Å². The Labute approximate surface area is 157 Å². The Morgan fingerprint density at radius 2 is 1.80 bits per heavy atom. The molecule has 0 N–H and O–H groups in total. The van der Waals surface area contributed by atoms with Crippen LogP contribution in [0.3, 0.4) is 0 Å². The molecule has 25 heavy (non-hydrogen) atoms. The minimum atomic E-state index is -1.44. The monoisotopic (exact) mass is 360 g/mol. The third-order valence-electron chi connectivity index (χ3n) is 9.01. The van der Waals surface area contributed by atoms with Crippen molar-refractivity contribution in [1.82, 2.24) is 0 Å². The molecule has 2 bridgehead atoms. The normalized spacial score (nSPS) is 49.6. The van der Waals surface area contributed by atoms with Crippen LogP contribution in [-0.4, -0.2) is 14.9 Å². The van der Waals surface area contributed by atoms with Crippen LogP contribution in [0.25, 0.3) is 0 Å². The molecule has 4 aliphatic carbocycles. The van der Waals surface area contributed by atoms with Crippen molar-refractivity contribution in [1.29, 1.82) is 0 Å². The molecule has 4 saturated carbocycles. The van der Waals surface area contributed by atoms with Gasteiger partial charge in [-0.3, -0.25) is 0 Å². The average Bonchev–Trinajstić information content (AvgIpc) is 2.74. The lowest BCUT2D eigenvalue weighted by molar-refractivity contribution is -0.157. The molecule has 1 nitrogen and oxygen atoms in total. The molecular weight excluding hydrogens is 320 g/mol. The Morgan fingerprint density at radius 1 is 1.04 bits per heavy atom. The fraction of sp³-hybridized carbons (Fsp3) is 0.913.